The molecule has 3 heterocycles. The monoisotopic (exact) mass is 424 g/mol. The Morgan fingerprint density at radius 2 is 1.81 bits per heavy atom. The van der Waals surface area contributed by atoms with E-state index < -0.39 is 5.60 Å². The molecule has 8 heteroatoms. The van der Waals surface area contributed by atoms with Crippen LogP contribution < -0.4 is 9.80 Å². The first kappa shape index (κ1) is 21.5. The Balaban J connectivity index is 1.36. The molecular weight excluding hydrogens is 392 g/mol. The predicted molar refractivity (Wildman–Crippen MR) is 122 cm³/mol. The highest BCUT2D eigenvalue weighted by Crippen LogP contribution is 2.27. The van der Waals surface area contributed by atoms with Crippen molar-refractivity contribution in [3.63, 3.8) is 0 Å². The van der Waals surface area contributed by atoms with Gasteiger partial charge in [-0.05, 0) is 44.7 Å². The van der Waals surface area contributed by atoms with Gasteiger partial charge in [-0.1, -0.05) is 0 Å². The van der Waals surface area contributed by atoms with E-state index in [1.54, 1.807) is 18.3 Å². The molecule has 31 heavy (non-hydrogen) atoms. The van der Waals surface area contributed by atoms with Crippen LogP contribution in [-0.2, 0) is 0 Å². The van der Waals surface area contributed by atoms with Crippen LogP contribution in [0.4, 0.5) is 11.5 Å². The van der Waals surface area contributed by atoms with Crippen molar-refractivity contribution in [2.24, 2.45) is 0 Å². The van der Waals surface area contributed by atoms with Gasteiger partial charge in [-0.15, -0.1) is 0 Å². The number of nitrogens with zero attached hydrogens (tertiary/aromatic N) is 6. The molecule has 4 rings (SSSR count). The lowest BCUT2D eigenvalue weighted by atomic mass is 10.0. The van der Waals surface area contributed by atoms with Crippen LogP contribution in [-0.4, -0.2) is 96.3 Å². The molecule has 0 saturated carbocycles. The first-order chi connectivity index (χ1) is 14.8. The number of aromatic nitrogens is 2. The number of benzene rings is 1. The average Bonchev–Trinajstić information content (AvgIpc) is 3.15. The minimum absolute atomic E-state index is 0.0744. The van der Waals surface area contributed by atoms with Crippen LogP contribution >= 0.6 is 0 Å². The molecule has 1 amide bonds. The van der Waals surface area contributed by atoms with E-state index in [9.17, 15) is 9.90 Å². The molecule has 0 radical (unpaired) electrons. The summed E-state index contributed by atoms with van der Waals surface area (Å²) in [5.41, 5.74) is 1.73. The van der Waals surface area contributed by atoms with E-state index in [2.05, 4.69) is 31.7 Å². The second-order valence-electron chi connectivity index (χ2n) is 8.91. The van der Waals surface area contributed by atoms with Gasteiger partial charge in [-0.3, -0.25) is 4.79 Å². The maximum absolute atomic E-state index is 13.0. The van der Waals surface area contributed by atoms with E-state index >= 15 is 0 Å². The van der Waals surface area contributed by atoms with Crippen molar-refractivity contribution in [1.82, 2.24) is 19.8 Å². The summed E-state index contributed by atoms with van der Waals surface area (Å²) in [6.45, 7) is 7.46. The highest BCUT2D eigenvalue weighted by Gasteiger charge is 2.38. The van der Waals surface area contributed by atoms with E-state index in [0.29, 0.717) is 25.1 Å². The Hall–Kier alpha value is -2.71. The summed E-state index contributed by atoms with van der Waals surface area (Å²) in [6, 6.07) is 9.75. The SMILES string of the molecule is Cc1cc(N2CCC(O)(CN(C)C(=O)c3ccc(N4CCN(C)CC4)cc3)C2)ncn1. The van der Waals surface area contributed by atoms with Gasteiger partial charge in [0.1, 0.15) is 17.7 Å². The normalized spacial score (nSPS) is 22.1. The summed E-state index contributed by atoms with van der Waals surface area (Å²) < 4.78 is 0. The molecule has 2 fully saturated rings. The van der Waals surface area contributed by atoms with Gasteiger partial charge in [-0.25, -0.2) is 9.97 Å². The van der Waals surface area contributed by atoms with Gasteiger partial charge >= 0.3 is 0 Å². The van der Waals surface area contributed by atoms with Crippen LogP contribution in [0.2, 0.25) is 0 Å². The second kappa shape index (κ2) is 8.80. The highest BCUT2D eigenvalue weighted by molar-refractivity contribution is 5.94. The smallest absolute Gasteiger partial charge is 0.253 e. The van der Waals surface area contributed by atoms with E-state index in [-0.39, 0.29) is 12.5 Å². The van der Waals surface area contributed by atoms with Gasteiger partial charge in [0, 0.05) is 69.3 Å². The highest BCUT2D eigenvalue weighted by atomic mass is 16.3. The molecule has 1 aromatic heterocycles. The lowest BCUT2D eigenvalue weighted by Gasteiger charge is -2.34. The first-order valence-corrected chi connectivity index (χ1v) is 10.9. The quantitative estimate of drug-likeness (QED) is 0.774. The molecular formula is C23H32N6O2. The van der Waals surface area contributed by atoms with Gasteiger partial charge in [0.25, 0.3) is 5.91 Å². The molecule has 2 aliphatic rings. The van der Waals surface area contributed by atoms with Crippen molar-refractivity contribution in [2.75, 3.05) is 69.7 Å². The van der Waals surface area contributed by atoms with E-state index in [1.807, 2.05) is 37.3 Å². The Labute approximate surface area is 184 Å². The summed E-state index contributed by atoms with van der Waals surface area (Å²) in [5.74, 6) is 0.742. The fourth-order valence-corrected chi connectivity index (χ4v) is 4.41. The fraction of sp³-hybridized carbons (Fsp3) is 0.522. The number of aliphatic hydroxyl groups is 1. The summed E-state index contributed by atoms with van der Waals surface area (Å²) in [4.78, 5) is 29.8. The molecule has 0 spiro atoms. The number of carbonyl (C=O) groups excluding carboxylic acids is 1. The van der Waals surface area contributed by atoms with Gasteiger partial charge in [0.15, 0.2) is 0 Å². The molecule has 1 unspecified atom stereocenters. The second-order valence-corrected chi connectivity index (χ2v) is 8.91. The van der Waals surface area contributed by atoms with Crippen molar-refractivity contribution in [1.29, 1.82) is 0 Å². The van der Waals surface area contributed by atoms with Crippen LogP contribution in [0.15, 0.2) is 36.7 Å². The Morgan fingerprint density at radius 1 is 1.10 bits per heavy atom. The minimum atomic E-state index is -0.955. The minimum Gasteiger partial charge on any atom is -0.386 e. The van der Waals surface area contributed by atoms with Crippen LogP contribution in [0.1, 0.15) is 22.5 Å². The maximum atomic E-state index is 13.0. The maximum Gasteiger partial charge on any atom is 0.253 e. The van der Waals surface area contributed by atoms with Crippen molar-refractivity contribution in [3.8, 4) is 0 Å². The van der Waals surface area contributed by atoms with Crippen molar-refractivity contribution in [2.45, 2.75) is 18.9 Å². The molecule has 1 atom stereocenters. The molecule has 8 nitrogen and oxygen atoms in total. The van der Waals surface area contributed by atoms with E-state index in [0.717, 1.165) is 43.4 Å². The summed E-state index contributed by atoms with van der Waals surface area (Å²) in [6.07, 6.45) is 2.14. The number of hydrogen-bond acceptors (Lipinski definition) is 7. The Kier molecular flexibility index (Phi) is 6.11. The number of anilines is 2. The standard InChI is InChI=1S/C23H32N6O2/c1-18-14-21(25-17-24-18)29-9-8-23(31,16-29)15-27(3)22(30)19-4-6-20(7-5-19)28-12-10-26(2)11-13-28/h4-7,14,17,31H,8-13,15-16H2,1-3H3. The van der Waals surface area contributed by atoms with Gasteiger partial charge in [0.05, 0.1) is 6.54 Å². The molecule has 0 bridgehead atoms. The van der Waals surface area contributed by atoms with Crippen LogP contribution in [0, 0.1) is 6.92 Å². The van der Waals surface area contributed by atoms with Crippen molar-refractivity contribution in [3.05, 3.63) is 47.9 Å². The number of β-amino-alcohol motifs (C(OH)–C–C–N with tert-alkyl or cyclic N) is 1. The van der Waals surface area contributed by atoms with Crippen LogP contribution in [0.5, 0.6) is 0 Å². The number of amides is 1. The zero-order valence-corrected chi connectivity index (χ0v) is 18.7. The molecule has 1 aromatic carbocycles. The Morgan fingerprint density at radius 3 is 2.48 bits per heavy atom. The van der Waals surface area contributed by atoms with Gasteiger partial charge < -0.3 is 24.7 Å². The summed E-state index contributed by atoms with van der Waals surface area (Å²) in [5, 5.41) is 11.1. The predicted octanol–water partition coefficient (Wildman–Crippen LogP) is 1.25. The number of carbonyl (C=O) groups is 1. The van der Waals surface area contributed by atoms with E-state index in [4.69, 9.17) is 0 Å². The number of likely N-dealkylation sites (N-methyl/N-ethyl adjacent to an activating group) is 2. The topological polar surface area (TPSA) is 76.0 Å². The third kappa shape index (κ3) is 4.97. The lowest BCUT2D eigenvalue weighted by molar-refractivity contribution is 0.0264. The zero-order chi connectivity index (χ0) is 22.0. The molecule has 2 aliphatic heterocycles. The van der Waals surface area contributed by atoms with Crippen LogP contribution in [0.3, 0.4) is 0 Å². The first-order valence-electron chi connectivity index (χ1n) is 10.9. The molecule has 0 aliphatic carbocycles. The summed E-state index contributed by atoms with van der Waals surface area (Å²) >= 11 is 0. The number of rotatable bonds is 5. The lowest BCUT2D eigenvalue weighted by Crippen LogP contribution is -2.46. The largest absolute Gasteiger partial charge is 0.386 e. The molecule has 1 N–H and O–H groups in total. The molecule has 2 saturated heterocycles. The zero-order valence-electron chi connectivity index (χ0n) is 18.7. The third-order valence-electron chi connectivity index (χ3n) is 6.31. The third-order valence-corrected chi connectivity index (χ3v) is 6.31. The van der Waals surface area contributed by atoms with E-state index in [1.165, 1.54) is 0 Å². The average molecular weight is 425 g/mol. The van der Waals surface area contributed by atoms with Crippen molar-refractivity contribution >= 4 is 17.4 Å². The molecule has 166 valence electrons. The fourth-order valence-electron chi connectivity index (χ4n) is 4.41. The van der Waals surface area contributed by atoms with Crippen LogP contribution in [0.25, 0.3) is 0 Å². The van der Waals surface area contributed by atoms with Crippen molar-refractivity contribution < 1.29 is 9.90 Å². The van der Waals surface area contributed by atoms with Gasteiger partial charge in [0.2, 0.25) is 0 Å². The number of piperazine rings is 1. The number of aryl methyl sites for hydroxylation is 1. The molecule has 2 aromatic rings. The summed E-state index contributed by atoms with van der Waals surface area (Å²) in [7, 11) is 3.90. The van der Waals surface area contributed by atoms with Gasteiger partial charge in [-0.2, -0.15) is 0 Å². The Bertz CT molecular complexity index is 913. The number of hydrogen-bond donors (Lipinski definition) is 1.